The van der Waals surface area contributed by atoms with Crippen molar-refractivity contribution in [2.75, 3.05) is 5.32 Å². The number of fused-ring (bicyclic) bond motifs is 1. The number of halogens is 2. The minimum absolute atomic E-state index is 0.196. The van der Waals surface area contributed by atoms with E-state index in [-0.39, 0.29) is 5.28 Å². The maximum atomic E-state index is 6.02. The van der Waals surface area contributed by atoms with Crippen LogP contribution in [0, 0.1) is 0 Å². The third-order valence-electron chi connectivity index (χ3n) is 3.23. The molecule has 0 atom stereocenters. The minimum atomic E-state index is 0.196. The summed E-state index contributed by atoms with van der Waals surface area (Å²) < 4.78 is 3.77. The number of hydrogen-bond donors (Lipinski definition) is 1. The van der Waals surface area contributed by atoms with Crippen molar-refractivity contribution >= 4 is 60.7 Å². The summed E-state index contributed by atoms with van der Waals surface area (Å²) >= 11 is 11.0. The second-order valence-corrected chi connectivity index (χ2v) is 6.80. The van der Waals surface area contributed by atoms with Crippen LogP contribution in [0.25, 0.3) is 15.9 Å². The first-order valence-electron chi connectivity index (χ1n) is 6.67. The van der Waals surface area contributed by atoms with E-state index in [1.807, 2.05) is 46.5 Å². The Bertz CT molecular complexity index is 982. The van der Waals surface area contributed by atoms with Gasteiger partial charge in [0.05, 0.1) is 15.4 Å². The smallest absolute Gasteiger partial charge is 0.225 e. The van der Waals surface area contributed by atoms with Gasteiger partial charge in [0.1, 0.15) is 17.7 Å². The van der Waals surface area contributed by atoms with E-state index in [1.165, 1.54) is 0 Å². The number of benzene rings is 1. The average molecular weight is 407 g/mol. The van der Waals surface area contributed by atoms with E-state index >= 15 is 0 Å². The van der Waals surface area contributed by atoms with Crippen LogP contribution in [0.2, 0.25) is 5.28 Å². The van der Waals surface area contributed by atoms with Crippen LogP contribution >= 0.6 is 38.9 Å². The fourth-order valence-electron chi connectivity index (χ4n) is 2.20. The summed E-state index contributed by atoms with van der Waals surface area (Å²) in [6.45, 7) is 0. The Labute approximate surface area is 149 Å². The fourth-order valence-corrected chi connectivity index (χ4v) is 3.87. The third kappa shape index (κ3) is 2.83. The monoisotopic (exact) mass is 405 g/mol. The van der Waals surface area contributed by atoms with Gasteiger partial charge in [-0.25, -0.2) is 9.97 Å². The first kappa shape index (κ1) is 14.6. The molecule has 0 spiro atoms. The summed E-state index contributed by atoms with van der Waals surface area (Å²) in [5, 5.41) is 5.37. The Hall–Kier alpha value is -1.96. The van der Waals surface area contributed by atoms with Gasteiger partial charge in [-0.15, -0.1) is 11.3 Å². The largest absolute Gasteiger partial charge is 0.322 e. The number of thiophene rings is 1. The van der Waals surface area contributed by atoms with E-state index in [4.69, 9.17) is 11.6 Å². The summed E-state index contributed by atoms with van der Waals surface area (Å²) in [7, 11) is 0. The molecule has 0 aliphatic carbocycles. The number of hydrogen-bond acceptors (Lipinski definition) is 5. The molecular formula is C15H9BrClN5S. The van der Waals surface area contributed by atoms with Crippen molar-refractivity contribution in [3.8, 4) is 5.69 Å². The van der Waals surface area contributed by atoms with Crippen molar-refractivity contribution in [2.45, 2.75) is 0 Å². The standard InChI is InChI=1S/C15H9BrClN5S/c16-10-7-23-13-12(10)20-15(17)21-14(13)19-11-6-22(8-18-11)9-4-2-1-3-5-9/h1-8H,(H,19,20,21). The zero-order valence-corrected chi connectivity index (χ0v) is 14.7. The van der Waals surface area contributed by atoms with Gasteiger partial charge < -0.3 is 9.88 Å². The number of rotatable bonds is 3. The second kappa shape index (κ2) is 5.92. The zero-order valence-electron chi connectivity index (χ0n) is 11.6. The van der Waals surface area contributed by atoms with E-state index in [0.717, 1.165) is 20.4 Å². The quantitative estimate of drug-likeness (QED) is 0.484. The van der Waals surface area contributed by atoms with Gasteiger partial charge in [0, 0.05) is 11.1 Å². The van der Waals surface area contributed by atoms with Crippen molar-refractivity contribution < 1.29 is 0 Å². The Morgan fingerprint density at radius 2 is 2.00 bits per heavy atom. The van der Waals surface area contributed by atoms with Gasteiger partial charge in [0.15, 0.2) is 5.82 Å². The predicted octanol–water partition coefficient (Wildman–Crippen LogP) is 5.04. The highest BCUT2D eigenvalue weighted by atomic mass is 79.9. The molecule has 0 fully saturated rings. The van der Waals surface area contributed by atoms with Crippen LogP contribution in [-0.2, 0) is 0 Å². The Morgan fingerprint density at radius 3 is 2.83 bits per heavy atom. The molecule has 0 radical (unpaired) electrons. The van der Waals surface area contributed by atoms with Crippen molar-refractivity contribution in [3.05, 3.63) is 58.0 Å². The molecule has 3 heterocycles. The molecule has 4 aromatic rings. The molecular weight excluding hydrogens is 398 g/mol. The lowest BCUT2D eigenvalue weighted by Gasteiger charge is -2.04. The molecule has 3 aromatic heterocycles. The molecule has 1 aromatic carbocycles. The molecule has 0 saturated carbocycles. The van der Waals surface area contributed by atoms with Crippen molar-refractivity contribution in [1.29, 1.82) is 0 Å². The molecule has 0 bridgehead atoms. The SMILES string of the molecule is Clc1nc(Nc2cn(-c3ccccc3)cn2)c2scc(Br)c2n1. The van der Waals surface area contributed by atoms with Crippen molar-refractivity contribution in [2.24, 2.45) is 0 Å². The highest BCUT2D eigenvalue weighted by Crippen LogP contribution is 2.34. The van der Waals surface area contributed by atoms with Crippen LogP contribution in [0.4, 0.5) is 11.6 Å². The van der Waals surface area contributed by atoms with E-state index < -0.39 is 0 Å². The highest BCUT2D eigenvalue weighted by Gasteiger charge is 2.12. The van der Waals surface area contributed by atoms with Crippen LogP contribution in [0.3, 0.4) is 0 Å². The number of aromatic nitrogens is 4. The number of para-hydroxylation sites is 1. The number of nitrogens with one attached hydrogen (secondary N) is 1. The zero-order chi connectivity index (χ0) is 15.8. The topological polar surface area (TPSA) is 55.6 Å². The third-order valence-corrected chi connectivity index (χ3v) is 5.28. The lowest BCUT2D eigenvalue weighted by Crippen LogP contribution is -1.96. The Morgan fingerprint density at radius 1 is 1.17 bits per heavy atom. The molecule has 0 aliphatic rings. The summed E-state index contributed by atoms with van der Waals surface area (Å²) in [5.41, 5.74) is 1.83. The van der Waals surface area contributed by atoms with Gasteiger partial charge in [0.25, 0.3) is 0 Å². The predicted molar refractivity (Wildman–Crippen MR) is 97.0 cm³/mol. The number of anilines is 2. The second-order valence-electron chi connectivity index (χ2n) is 4.73. The van der Waals surface area contributed by atoms with Crippen LogP contribution in [0.5, 0.6) is 0 Å². The molecule has 4 rings (SSSR count). The molecule has 8 heteroatoms. The lowest BCUT2D eigenvalue weighted by atomic mass is 10.3. The van der Waals surface area contributed by atoms with E-state index in [0.29, 0.717) is 11.6 Å². The summed E-state index contributed by atoms with van der Waals surface area (Å²) in [6.07, 6.45) is 3.65. The Balaban J connectivity index is 1.70. The van der Waals surface area contributed by atoms with Gasteiger partial charge in [0.2, 0.25) is 5.28 Å². The summed E-state index contributed by atoms with van der Waals surface area (Å²) in [6, 6.07) is 9.98. The van der Waals surface area contributed by atoms with Gasteiger partial charge in [-0.3, -0.25) is 0 Å². The van der Waals surface area contributed by atoms with E-state index in [9.17, 15) is 0 Å². The number of imidazole rings is 1. The summed E-state index contributed by atoms with van der Waals surface area (Å²) in [5.74, 6) is 1.34. The van der Waals surface area contributed by atoms with Crippen LogP contribution in [0.1, 0.15) is 0 Å². The van der Waals surface area contributed by atoms with Crippen LogP contribution in [0.15, 0.2) is 52.7 Å². The first-order chi connectivity index (χ1) is 11.2. The van der Waals surface area contributed by atoms with Gasteiger partial charge in [-0.1, -0.05) is 18.2 Å². The number of nitrogens with zero attached hydrogens (tertiary/aromatic N) is 4. The van der Waals surface area contributed by atoms with Gasteiger partial charge >= 0.3 is 0 Å². The van der Waals surface area contributed by atoms with E-state index in [2.05, 4.69) is 36.2 Å². The molecule has 23 heavy (non-hydrogen) atoms. The van der Waals surface area contributed by atoms with Crippen molar-refractivity contribution in [1.82, 2.24) is 19.5 Å². The van der Waals surface area contributed by atoms with Crippen LogP contribution in [-0.4, -0.2) is 19.5 Å². The molecule has 0 unspecified atom stereocenters. The Kier molecular flexibility index (Phi) is 3.76. The van der Waals surface area contributed by atoms with Crippen LogP contribution < -0.4 is 5.32 Å². The molecule has 0 aliphatic heterocycles. The molecule has 1 N–H and O–H groups in total. The molecule has 0 saturated heterocycles. The fraction of sp³-hybridized carbons (Fsp3) is 0. The average Bonchev–Trinajstić information content (AvgIpc) is 3.16. The van der Waals surface area contributed by atoms with E-state index in [1.54, 1.807) is 17.7 Å². The van der Waals surface area contributed by atoms with Gasteiger partial charge in [-0.05, 0) is 39.7 Å². The lowest BCUT2D eigenvalue weighted by molar-refractivity contribution is 1.06. The maximum Gasteiger partial charge on any atom is 0.225 e. The normalized spacial score (nSPS) is 11.0. The first-order valence-corrected chi connectivity index (χ1v) is 8.72. The molecule has 5 nitrogen and oxygen atoms in total. The summed E-state index contributed by atoms with van der Waals surface area (Å²) in [4.78, 5) is 12.9. The molecule has 114 valence electrons. The van der Waals surface area contributed by atoms with Gasteiger partial charge in [-0.2, -0.15) is 4.98 Å². The highest BCUT2D eigenvalue weighted by molar-refractivity contribution is 9.10. The molecule has 0 amide bonds. The van der Waals surface area contributed by atoms with Crippen molar-refractivity contribution in [3.63, 3.8) is 0 Å². The minimum Gasteiger partial charge on any atom is -0.322 e. The maximum absolute atomic E-state index is 6.02.